The summed E-state index contributed by atoms with van der Waals surface area (Å²) in [5.74, 6) is -2.76. The van der Waals surface area contributed by atoms with Crippen molar-refractivity contribution in [1.82, 2.24) is 9.88 Å². The molecule has 0 saturated carbocycles. The Labute approximate surface area is 187 Å². The summed E-state index contributed by atoms with van der Waals surface area (Å²) in [7, 11) is 0. The van der Waals surface area contributed by atoms with Gasteiger partial charge >= 0.3 is 12.1 Å². The Balaban J connectivity index is 0.000000307. The molecule has 0 unspecified atom stereocenters. The predicted molar refractivity (Wildman–Crippen MR) is 114 cm³/mol. The molecule has 2 aromatic heterocycles. The number of furan rings is 1. The first kappa shape index (κ1) is 22.5. The predicted octanol–water partition coefficient (Wildman–Crippen LogP) is 5.52. The number of aromatic nitrogens is 1. The van der Waals surface area contributed by atoms with Crippen LogP contribution in [0.1, 0.15) is 35.4 Å². The van der Waals surface area contributed by atoms with Crippen LogP contribution in [0.3, 0.4) is 0 Å². The highest BCUT2D eigenvalue weighted by Crippen LogP contribution is 2.47. The van der Waals surface area contributed by atoms with Gasteiger partial charge in [-0.3, -0.25) is 4.90 Å². The fraction of sp³-hybridized carbons (Fsp3) is 0.391. The molecule has 1 aliphatic carbocycles. The zero-order chi connectivity index (χ0) is 22.8. The van der Waals surface area contributed by atoms with Gasteiger partial charge in [0.05, 0.1) is 19.1 Å². The van der Waals surface area contributed by atoms with E-state index in [0.717, 1.165) is 6.54 Å². The van der Waals surface area contributed by atoms with Gasteiger partial charge in [0.25, 0.3) is 0 Å². The molecule has 32 heavy (non-hydrogen) atoms. The minimum absolute atomic E-state index is 0.383. The minimum Gasteiger partial charge on any atom is -0.475 e. The molecule has 0 amide bonds. The zero-order valence-electron chi connectivity index (χ0n) is 17.3. The molecule has 0 atom stereocenters. The van der Waals surface area contributed by atoms with E-state index < -0.39 is 12.1 Å². The zero-order valence-corrected chi connectivity index (χ0v) is 18.1. The van der Waals surface area contributed by atoms with E-state index in [4.69, 9.17) is 14.3 Å². The normalized spacial score (nSPS) is 17.6. The Morgan fingerprint density at radius 2 is 1.94 bits per heavy atom. The van der Waals surface area contributed by atoms with Gasteiger partial charge in [-0.15, -0.1) is 11.3 Å². The van der Waals surface area contributed by atoms with Crippen molar-refractivity contribution in [1.29, 1.82) is 0 Å². The molecule has 9 heteroatoms. The molecule has 1 aromatic carbocycles. The fourth-order valence-corrected chi connectivity index (χ4v) is 5.24. The number of halogens is 3. The number of rotatable bonds is 3. The second-order valence-electron chi connectivity index (χ2n) is 8.17. The van der Waals surface area contributed by atoms with Crippen LogP contribution in [0.25, 0.3) is 11.1 Å². The van der Waals surface area contributed by atoms with Crippen molar-refractivity contribution in [2.75, 3.05) is 13.1 Å². The smallest absolute Gasteiger partial charge is 0.475 e. The van der Waals surface area contributed by atoms with Gasteiger partial charge in [-0.2, -0.15) is 13.2 Å². The number of carboxylic acid groups (broad SMARTS) is 1. The van der Waals surface area contributed by atoms with Crippen LogP contribution in [0.2, 0.25) is 0 Å². The third kappa shape index (κ3) is 4.88. The highest BCUT2D eigenvalue weighted by Gasteiger charge is 2.41. The summed E-state index contributed by atoms with van der Waals surface area (Å²) < 4.78 is 37.0. The number of likely N-dealkylation sites (tertiary alicyclic amines) is 1. The van der Waals surface area contributed by atoms with Crippen molar-refractivity contribution < 1.29 is 27.5 Å². The summed E-state index contributed by atoms with van der Waals surface area (Å²) >= 11 is 1.77. The van der Waals surface area contributed by atoms with E-state index in [1.165, 1.54) is 54.9 Å². The summed E-state index contributed by atoms with van der Waals surface area (Å²) in [4.78, 5) is 15.9. The first-order chi connectivity index (χ1) is 15.3. The number of nitrogens with zero attached hydrogens (tertiary/aromatic N) is 2. The standard InChI is InChI=1S/C21H22N2OS.C2HF3O2/c1-2-17(18-4-11-24-15-18)13-19-16(1)3-5-21(19)6-9-23(10-7-21)14-20-22-8-12-25-20;3-2(4,5)1(6)7/h1-2,4,8,11-13,15H,3,5-7,9-10,14H2;(H,6,7). The Hall–Kier alpha value is -2.65. The van der Waals surface area contributed by atoms with Crippen molar-refractivity contribution >= 4 is 17.3 Å². The number of aliphatic carboxylic acids is 1. The van der Waals surface area contributed by atoms with Crippen molar-refractivity contribution in [2.45, 2.75) is 43.8 Å². The van der Waals surface area contributed by atoms with E-state index in [9.17, 15) is 13.2 Å². The number of hydrogen-bond donors (Lipinski definition) is 1. The first-order valence-corrected chi connectivity index (χ1v) is 11.2. The lowest BCUT2D eigenvalue weighted by molar-refractivity contribution is -0.192. The highest BCUT2D eigenvalue weighted by molar-refractivity contribution is 7.09. The SMILES string of the molecule is O=C(O)C(F)(F)F.c1csc(CN2CCC3(CCc4ccc(-c5ccoc5)cc43)CC2)n1. The Kier molecular flexibility index (Phi) is 6.39. The molecule has 3 aromatic rings. The van der Waals surface area contributed by atoms with Crippen molar-refractivity contribution in [3.05, 3.63) is 64.5 Å². The van der Waals surface area contributed by atoms with Crippen LogP contribution in [0, 0.1) is 0 Å². The van der Waals surface area contributed by atoms with Gasteiger partial charge in [-0.05, 0) is 66.9 Å². The molecule has 1 aliphatic heterocycles. The highest BCUT2D eigenvalue weighted by atomic mass is 32.1. The van der Waals surface area contributed by atoms with E-state index in [2.05, 4.69) is 39.5 Å². The van der Waals surface area contributed by atoms with Crippen molar-refractivity contribution in [3.8, 4) is 11.1 Å². The molecular weight excluding hydrogens is 441 g/mol. The third-order valence-corrected chi connectivity index (χ3v) is 7.07. The molecule has 1 N–H and O–H groups in total. The molecule has 1 saturated heterocycles. The van der Waals surface area contributed by atoms with Crippen LogP contribution in [0.4, 0.5) is 13.2 Å². The summed E-state index contributed by atoms with van der Waals surface area (Å²) in [6.45, 7) is 3.36. The average molecular weight is 465 g/mol. The third-order valence-electron chi connectivity index (χ3n) is 6.31. The Morgan fingerprint density at radius 3 is 2.53 bits per heavy atom. The molecule has 0 bridgehead atoms. The maximum Gasteiger partial charge on any atom is 0.490 e. The van der Waals surface area contributed by atoms with E-state index in [-0.39, 0.29) is 0 Å². The molecule has 1 spiro atoms. The molecular formula is C23H23F3N2O3S. The summed E-state index contributed by atoms with van der Waals surface area (Å²) in [5.41, 5.74) is 6.01. The summed E-state index contributed by atoms with van der Waals surface area (Å²) in [6, 6.07) is 9.08. The number of carbonyl (C=O) groups is 1. The topological polar surface area (TPSA) is 66.6 Å². The lowest BCUT2D eigenvalue weighted by Crippen LogP contribution is -2.41. The van der Waals surface area contributed by atoms with Crippen molar-refractivity contribution in [2.24, 2.45) is 0 Å². The number of carboxylic acids is 1. The van der Waals surface area contributed by atoms with Gasteiger partial charge in [0.2, 0.25) is 0 Å². The van der Waals surface area contributed by atoms with E-state index >= 15 is 0 Å². The van der Waals surface area contributed by atoms with E-state index in [1.54, 1.807) is 28.7 Å². The van der Waals surface area contributed by atoms with Crippen LogP contribution >= 0.6 is 11.3 Å². The molecule has 0 radical (unpaired) electrons. The molecule has 5 nitrogen and oxygen atoms in total. The van der Waals surface area contributed by atoms with E-state index in [0.29, 0.717) is 5.41 Å². The van der Waals surface area contributed by atoms with Gasteiger partial charge < -0.3 is 9.52 Å². The molecule has 1 fully saturated rings. The van der Waals surface area contributed by atoms with Crippen LogP contribution in [-0.2, 0) is 23.2 Å². The Bertz CT molecular complexity index is 1040. The summed E-state index contributed by atoms with van der Waals surface area (Å²) in [6.07, 6.45) is 5.50. The Morgan fingerprint density at radius 1 is 1.19 bits per heavy atom. The first-order valence-electron chi connectivity index (χ1n) is 10.3. The van der Waals surface area contributed by atoms with Gasteiger partial charge in [0.1, 0.15) is 5.01 Å². The number of benzene rings is 1. The van der Waals surface area contributed by atoms with Crippen LogP contribution < -0.4 is 0 Å². The van der Waals surface area contributed by atoms with Gasteiger partial charge in [0.15, 0.2) is 0 Å². The van der Waals surface area contributed by atoms with Crippen LogP contribution in [-0.4, -0.2) is 40.2 Å². The maximum absolute atomic E-state index is 10.6. The quantitative estimate of drug-likeness (QED) is 0.553. The van der Waals surface area contributed by atoms with Gasteiger partial charge in [-0.25, -0.2) is 9.78 Å². The lowest BCUT2D eigenvalue weighted by atomic mass is 9.73. The lowest BCUT2D eigenvalue weighted by Gasteiger charge is -2.40. The largest absolute Gasteiger partial charge is 0.490 e. The number of fused-ring (bicyclic) bond motifs is 2. The van der Waals surface area contributed by atoms with Crippen LogP contribution in [0.5, 0.6) is 0 Å². The van der Waals surface area contributed by atoms with Crippen molar-refractivity contribution in [3.63, 3.8) is 0 Å². The molecule has 170 valence electrons. The summed E-state index contributed by atoms with van der Waals surface area (Å²) in [5, 5.41) is 10.4. The fourth-order valence-electron chi connectivity index (χ4n) is 4.59. The average Bonchev–Trinajstić information content (AvgIpc) is 3.52. The molecule has 2 aliphatic rings. The second kappa shape index (κ2) is 9.07. The van der Waals surface area contributed by atoms with E-state index in [1.807, 2.05) is 12.5 Å². The minimum atomic E-state index is -5.08. The number of thiazole rings is 1. The second-order valence-corrected chi connectivity index (χ2v) is 9.15. The van der Waals surface area contributed by atoms with Gasteiger partial charge in [0, 0.05) is 17.1 Å². The number of hydrogen-bond acceptors (Lipinski definition) is 5. The molecule has 3 heterocycles. The van der Waals surface area contributed by atoms with Gasteiger partial charge in [-0.1, -0.05) is 18.2 Å². The number of piperidine rings is 1. The molecule has 5 rings (SSSR count). The number of aryl methyl sites for hydroxylation is 1. The van der Waals surface area contributed by atoms with Crippen LogP contribution in [0.15, 0.2) is 52.8 Å². The monoisotopic (exact) mass is 464 g/mol. The number of alkyl halides is 3. The maximum atomic E-state index is 10.6.